The van der Waals surface area contributed by atoms with Crippen molar-refractivity contribution in [2.45, 2.75) is 6.92 Å². The molecule has 0 aromatic carbocycles. The fourth-order valence-corrected chi connectivity index (χ4v) is 1.37. The second-order valence-corrected chi connectivity index (χ2v) is 3.78. The third-order valence-corrected chi connectivity index (χ3v) is 2.59. The van der Waals surface area contributed by atoms with Crippen molar-refractivity contribution in [2.24, 2.45) is 0 Å². The van der Waals surface area contributed by atoms with E-state index in [1.807, 2.05) is 6.92 Å². The van der Waals surface area contributed by atoms with Crippen LogP contribution in [0.1, 0.15) is 6.92 Å². The Morgan fingerprint density at radius 3 is 3.06 bits per heavy atom. The Balaban J connectivity index is 2.10. The lowest BCUT2D eigenvalue weighted by molar-refractivity contribution is -0.127. The highest BCUT2D eigenvalue weighted by Crippen LogP contribution is 2.02. The number of carbonyl (C=O) groups excluding carboxylic acids is 1. The summed E-state index contributed by atoms with van der Waals surface area (Å²) in [6.07, 6.45) is 0. The van der Waals surface area contributed by atoms with Crippen LogP contribution >= 0.6 is 0 Å². The Kier molecular flexibility index (Phi) is 3.26. The Morgan fingerprint density at radius 1 is 1.56 bits per heavy atom. The van der Waals surface area contributed by atoms with Crippen LogP contribution in [0.15, 0.2) is 16.9 Å². The number of hydrogen-bond acceptors (Lipinski definition) is 5. The second kappa shape index (κ2) is 4.86. The number of anilines is 1. The zero-order valence-electron chi connectivity index (χ0n) is 10.2. The van der Waals surface area contributed by atoms with Crippen molar-refractivity contribution in [3.05, 3.63) is 22.6 Å². The molecule has 18 heavy (non-hydrogen) atoms. The Morgan fingerprint density at radius 2 is 2.33 bits per heavy atom. The van der Waals surface area contributed by atoms with E-state index < -0.39 is 5.69 Å². The van der Waals surface area contributed by atoms with Gasteiger partial charge in [-0.25, -0.2) is 9.89 Å². The largest absolute Gasteiger partial charge is 0.364 e. The van der Waals surface area contributed by atoms with E-state index in [1.165, 1.54) is 0 Å². The second-order valence-electron chi connectivity index (χ2n) is 3.78. The predicted octanol–water partition coefficient (Wildman–Crippen LogP) is -0.692. The van der Waals surface area contributed by atoms with Crippen LogP contribution in [0.25, 0.3) is 5.65 Å². The molecule has 0 spiro atoms. The minimum Gasteiger partial charge on any atom is -0.360 e. The number of likely N-dealkylation sites (N-methyl/N-ethyl adjacent to an activating group) is 1. The maximum absolute atomic E-state index is 11.6. The van der Waals surface area contributed by atoms with Crippen molar-refractivity contribution >= 4 is 17.4 Å². The number of rotatable bonds is 4. The van der Waals surface area contributed by atoms with Crippen LogP contribution in [-0.2, 0) is 4.79 Å². The van der Waals surface area contributed by atoms with E-state index in [2.05, 4.69) is 20.6 Å². The van der Waals surface area contributed by atoms with E-state index in [-0.39, 0.29) is 12.5 Å². The summed E-state index contributed by atoms with van der Waals surface area (Å²) < 4.78 is 1.14. The fourth-order valence-electron chi connectivity index (χ4n) is 1.37. The van der Waals surface area contributed by atoms with Gasteiger partial charge < -0.3 is 10.2 Å². The van der Waals surface area contributed by atoms with Crippen molar-refractivity contribution < 1.29 is 4.79 Å². The molecule has 0 aliphatic rings. The van der Waals surface area contributed by atoms with E-state index in [0.717, 1.165) is 4.52 Å². The Bertz CT molecular complexity index is 616. The number of nitrogens with zero attached hydrogens (tertiary/aromatic N) is 4. The van der Waals surface area contributed by atoms with Gasteiger partial charge in [0.05, 0.1) is 6.54 Å². The van der Waals surface area contributed by atoms with E-state index >= 15 is 0 Å². The highest BCUT2D eigenvalue weighted by molar-refractivity contribution is 5.80. The molecule has 0 saturated heterocycles. The highest BCUT2D eigenvalue weighted by atomic mass is 16.2. The first-order valence-electron chi connectivity index (χ1n) is 5.54. The van der Waals surface area contributed by atoms with E-state index in [1.54, 1.807) is 24.1 Å². The summed E-state index contributed by atoms with van der Waals surface area (Å²) in [5.41, 5.74) is 0.0215. The standard InChI is InChI=1S/C10H14N6O2/c1-3-15(2)9(17)6-11-7-4-5-8-12-13-10(18)16(8)14-7/h4-5H,3,6H2,1-2H3,(H,11,14)(H,13,18). The van der Waals surface area contributed by atoms with Crippen molar-refractivity contribution in [3.63, 3.8) is 0 Å². The van der Waals surface area contributed by atoms with Gasteiger partial charge in [0.2, 0.25) is 5.91 Å². The lowest BCUT2D eigenvalue weighted by atomic mass is 10.4. The summed E-state index contributed by atoms with van der Waals surface area (Å²) >= 11 is 0. The van der Waals surface area contributed by atoms with Gasteiger partial charge in [-0.05, 0) is 19.1 Å². The normalized spacial score (nSPS) is 10.6. The molecule has 0 saturated carbocycles. The topological polar surface area (TPSA) is 95.4 Å². The van der Waals surface area contributed by atoms with Gasteiger partial charge in [-0.2, -0.15) is 9.61 Å². The summed E-state index contributed by atoms with van der Waals surface area (Å²) in [7, 11) is 1.72. The predicted molar refractivity (Wildman–Crippen MR) is 65.4 cm³/mol. The number of carbonyl (C=O) groups is 1. The number of hydrogen-bond donors (Lipinski definition) is 2. The van der Waals surface area contributed by atoms with Gasteiger partial charge in [0.15, 0.2) is 5.65 Å². The van der Waals surface area contributed by atoms with Crippen LogP contribution in [0.3, 0.4) is 0 Å². The molecule has 1 amide bonds. The number of amides is 1. The Labute approximate surface area is 103 Å². The molecule has 0 aliphatic carbocycles. The summed E-state index contributed by atoms with van der Waals surface area (Å²) in [5, 5.41) is 12.9. The molecule has 96 valence electrons. The van der Waals surface area contributed by atoms with E-state index in [4.69, 9.17) is 0 Å². The molecular formula is C10H14N6O2. The molecule has 0 aliphatic heterocycles. The Hall–Kier alpha value is -2.38. The van der Waals surface area contributed by atoms with Gasteiger partial charge in [0, 0.05) is 13.6 Å². The van der Waals surface area contributed by atoms with Crippen molar-refractivity contribution in [1.29, 1.82) is 0 Å². The minimum atomic E-state index is -0.411. The molecule has 0 bridgehead atoms. The van der Waals surface area contributed by atoms with Crippen LogP contribution in [0.5, 0.6) is 0 Å². The number of fused-ring (bicyclic) bond motifs is 1. The van der Waals surface area contributed by atoms with E-state index in [9.17, 15) is 9.59 Å². The van der Waals surface area contributed by atoms with Crippen molar-refractivity contribution in [1.82, 2.24) is 24.7 Å². The summed E-state index contributed by atoms with van der Waals surface area (Å²) in [6.45, 7) is 2.68. The quantitative estimate of drug-likeness (QED) is 0.748. The third-order valence-electron chi connectivity index (χ3n) is 2.59. The summed E-state index contributed by atoms with van der Waals surface area (Å²) in [5.74, 6) is 0.405. The monoisotopic (exact) mass is 250 g/mol. The van der Waals surface area contributed by atoms with E-state index in [0.29, 0.717) is 18.0 Å². The zero-order chi connectivity index (χ0) is 13.1. The van der Waals surface area contributed by atoms with Gasteiger partial charge >= 0.3 is 5.69 Å². The van der Waals surface area contributed by atoms with Gasteiger partial charge in [-0.3, -0.25) is 4.79 Å². The first-order valence-corrected chi connectivity index (χ1v) is 5.54. The molecule has 2 N–H and O–H groups in total. The molecule has 0 radical (unpaired) electrons. The number of H-pyrrole nitrogens is 1. The third kappa shape index (κ3) is 2.31. The van der Waals surface area contributed by atoms with Gasteiger partial charge in [0.1, 0.15) is 5.82 Å². The van der Waals surface area contributed by atoms with Crippen LogP contribution in [0.4, 0.5) is 5.82 Å². The smallest absolute Gasteiger partial charge is 0.360 e. The van der Waals surface area contributed by atoms with Crippen molar-refractivity contribution in [2.75, 3.05) is 25.5 Å². The van der Waals surface area contributed by atoms with Crippen LogP contribution in [0, 0.1) is 0 Å². The lowest BCUT2D eigenvalue weighted by Gasteiger charge is -2.14. The minimum absolute atomic E-state index is 0.0427. The molecule has 8 nitrogen and oxygen atoms in total. The summed E-state index contributed by atoms with van der Waals surface area (Å²) in [6, 6.07) is 3.30. The first kappa shape index (κ1) is 12.1. The fraction of sp³-hybridized carbons (Fsp3) is 0.400. The SMILES string of the molecule is CCN(C)C(=O)CNc1ccc2n[nH]c(=O)n2n1. The molecule has 8 heteroatoms. The van der Waals surface area contributed by atoms with Gasteiger partial charge in [-0.15, -0.1) is 5.10 Å². The highest BCUT2D eigenvalue weighted by Gasteiger charge is 2.07. The number of nitrogens with one attached hydrogen (secondary N) is 2. The molecular weight excluding hydrogens is 236 g/mol. The molecule has 0 fully saturated rings. The first-order chi connectivity index (χ1) is 8.61. The number of aromatic amines is 1. The molecule has 2 aromatic rings. The maximum atomic E-state index is 11.6. The molecule has 0 unspecified atom stereocenters. The average Bonchev–Trinajstić information content (AvgIpc) is 2.76. The molecule has 0 atom stereocenters. The average molecular weight is 250 g/mol. The van der Waals surface area contributed by atoms with Crippen LogP contribution < -0.4 is 11.0 Å². The van der Waals surface area contributed by atoms with Crippen molar-refractivity contribution in [3.8, 4) is 0 Å². The van der Waals surface area contributed by atoms with Gasteiger partial charge in [0.25, 0.3) is 0 Å². The van der Waals surface area contributed by atoms with Crippen LogP contribution in [0.2, 0.25) is 0 Å². The summed E-state index contributed by atoms with van der Waals surface area (Å²) in [4.78, 5) is 24.5. The lowest BCUT2D eigenvalue weighted by Crippen LogP contribution is -2.32. The number of aromatic nitrogens is 4. The van der Waals surface area contributed by atoms with Crippen LogP contribution in [-0.4, -0.2) is 50.8 Å². The molecule has 2 rings (SSSR count). The maximum Gasteiger partial charge on any atom is 0.364 e. The van der Waals surface area contributed by atoms with Gasteiger partial charge in [-0.1, -0.05) is 0 Å². The zero-order valence-corrected chi connectivity index (χ0v) is 10.2. The molecule has 2 heterocycles. The molecule has 2 aromatic heterocycles.